The largest absolute Gasteiger partial charge is 0.356 e. The summed E-state index contributed by atoms with van der Waals surface area (Å²) in [5.74, 6) is 0.181. The Labute approximate surface area is 78.7 Å². The van der Waals surface area contributed by atoms with E-state index in [-0.39, 0.29) is 5.91 Å². The van der Waals surface area contributed by atoms with Crippen molar-refractivity contribution in [2.75, 3.05) is 12.7 Å². The normalized spacial score (nSPS) is 8.33. The summed E-state index contributed by atoms with van der Waals surface area (Å²) in [6.45, 7) is 6.83. The van der Waals surface area contributed by atoms with E-state index in [1.807, 2.05) is 20.8 Å². The van der Waals surface area contributed by atoms with Crippen molar-refractivity contribution in [2.24, 2.45) is 0 Å². The molecule has 0 aromatic heterocycles. The van der Waals surface area contributed by atoms with Gasteiger partial charge >= 0.3 is 0 Å². The Morgan fingerprint density at radius 1 is 1.42 bits per heavy atom. The van der Waals surface area contributed by atoms with Gasteiger partial charge in [0.05, 0.1) is 0 Å². The SMILES string of the molecule is CC.CCCC(=O)NCCCP. The minimum Gasteiger partial charge on any atom is -0.356 e. The molecule has 0 aliphatic rings. The Morgan fingerprint density at radius 3 is 2.42 bits per heavy atom. The first-order chi connectivity index (χ1) is 5.81. The van der Waals surface area contributed by atoms with Crippen LogP contribution in [-0.4, -0.2) is 18.6 Å². The summed E-state index contributed by atoms with van der Waals surface area (Å²) in [6, 6.07) is 0. The molecule has 74 valence electrons. The van der Waals surface area contributed by atoms with Crippen LogP contribution in [0, 0.1) is 0 Å². The van der Waals surface area contributed by atoms with Crippen molar-refractivity contribution in [1.29, 1.82) is 0 Å². The van der Waals surface area contributed by atoms with Gasteiger partial charge in [0.15, 0.2) is 0 Å². The second kappa shape index (κ2) is 13.5. The highest BCUT2D eigenvalue weighted by molar-refractivity contribution is 7.16. The van der Waals surface area contributed by atoms with Crippen molar-refractivity contribution in [3.63, 3.8) is 0 Å². The van der Waals surface area contributed by atoms with Crippen LogP contribution in [0.2, 0.25) is 0 Å². The maximum atomic E-state index is 10.8. The molecule has 0 bridgehead atoms. The van der Waals surface area contributed by atoms with Gasteiger partial charge in [-0.2, -0.15) is 0 Å². The molecule has 0 fully saturated rings. The van der Waals surface area contributed by atoms with Crippen LogP contribution in [-0.2, 0) is 4.79 Å². The third kappa shape index (κ3) is 12.6. The van der Waals surface area contributed by atoms with Crippen molar-refractivity contribution in [3.05, 3.63) is 0 Å². The van der Waals surface area contributed by atoms with Gasteiger partial charge in [-0.3, -0.25) is 4.79 Å². The summed E-state index contributed by atoms with van der Waals surface area (Å²) >= 11 is 0. The molecule has 3 heteroatoms. The Bertz CT molecular complexity index is 96.5. The molecule has 0 rings (SSSR count). The molecule has 0 aliphatic heterocycles. The molecule has 12 heavy (non-hydrogen) atoms. The lowest BCUT2D eigenvalue weighted by atomic mass is 10.3. The highest BCUT2D eigenvalue weighted by Gasteiger charge is 1.95. The number of carbonyl (C=O) groups excluding carboxylic acids is 1. The maximum Gasteiger partial charge on any atom is 0.219 e. The molecule has 1 unspecified atom stereocenters. The van der Waals surface area contributed by atoms with E-state index >= 15 is 0 Å². The van der Waals surface area contributed by atoms with Crippen molar-refractivity contribution < 1.29 is 4.79 Å². The van der Waals surface area contributed by atoms with Gasteiger partial charge in [-0.25, -0.2) is 0 Å². The first-order valence-electron chi connectivity index (χ1n) is 4.78. The molecule has 0 radical (unpaired) electrons. The fourth-order valence-electron chi connectivity index (χ4n) is 0.645. The number of nitrogens with one attached hydrogen (secondary N) is 1. The summed E-state index contributed by atoms with van der Waals surface area (Å²) in [5, 5.41) is 2.83. The van der Waals surface area contributed by atoms with E-state index in [0.29, 0.717) is 6.42 Å². The Hall–Kier alpha value is -0.100. The van der Waals surface area contributed by atoms with E-state index in [1.54, 1.807) is 0 Å². The molecular weight excluding hydrogens is 169 g/mol. The summed E-state index contributed by atoms with van der Waals surface area (Å²) in [5.41, 5.74) is 0. The summed E-state index contributed by atoms with van der Waals surface area (Å²) in [4.78, 5) is 10.8. The third-order valence-electron chi connectivity index (χ3n) is 1.18. The van der Waals surface area contributed by atoms with Gasteiger partial charge in [0.1, 0.15) is 0 Å². The Kier molecular flexibility index (Phi) is 16.2. The average molecular weight is 191 g/mol. The molecular formula is C9H22NOP. The molecule has 0 heterocycles. The monoisotopic (exact) mass is 191 g/mol. The predicted molar refractivity (Wildman–Crippen MR) is 58.5 cm³/mol. The van der Waals surface area contributed by atoms with E-state index in [0.717, 1.165) is 25.5 Å². The third-order valence-corrected chi connectivity index (χ3v) is 1.59. The molecule has 0 saturated heterocycles. The highest BCUT2D eigenvalue weighted by atomic mass is 31.0. The topological polar surface area (TPSA) is 29.1 Å². The standard InChI is InChI=1S/C7H16NOP.C2H6/c1-2-4-7(9)8-5-3-6-10;1-2/h2-6,10H2,1H3,(H,8,9);1-2H3. The number of carbonyl (C=O) groups is 1. The minimum absolute atomic E-state index is 0.181. The Balaban J connectivity index is 0. The van der Waals surface area contributed by atoms with Gasteiger partial charge in [0.25, 0.3) is 0 Å². The highest BCUT2D eigenvalue weighted by Crippen LogP contribution is 1.88. The lowest BCUT2D eigenvalue weighted by Crippen LogP contribution is -2.23. The average Bonchev–Trinajstić information content (AvgIpc) is 2.09. The van der Waals surface area contributed by atoms with Crippen molar-refractivity contribution in [2.45, 2.75) is 40.0 Å². The van der Waals surface area contributed by atoms with Crippen molar-refractivity contribution in [3.8, 4) is 0 Å². The number of hydrogen-bond acceptors (Lipinski definition) is 1. The summed E-state index contributed by atoms with van der Waals surface area (Å²) in [6.07, 6.45) is 3.72. The molecule has 1 N–H and O–H groups in total. The first-order valence-corrected chi connectivity index (χ1v) is 5.59. The number of hydrogen-bond donors (Lipinski definition) is 1. The summed E-state index contributed by atoms with van der Waals surface area (Å²) < 4.78 is 0. The second-order valence-corrected chi connectivity index (χ2v) is 2.82. The smallest absolute Gasteiger partial charge is 0.219 e. The molecule has 0 aromatic carbocycles. The van der Waals surface area contributed by atoms with Crippen LogP contribution in [0.25, 0.3) is 0 Å². The molecule has 0 saturated carbocycles. The molecule has 2 nitrogen and oxygen atoms in total. The zero-order valence-corrected chi connectivity index (χ0v) is 9.68. The summed E-state index contributed by atoms with van der Waals surface area (Å²) in [7, 11) is 2.64. The zero-order chi connectivity index (χ0) is 9.82. The maximum absolute atomic E-state index is 10.8. The lowest BCUT2D eigenvalue weighted by molar-refractivity contribution is -0.121. The van der Waals surface area contributed by atoms with Gasteiger partial charge in [0.2, 0.25) is 5.91 Å². The van der Waals surface area contributed by atoms with Crippen molar-refractivity contribution in [1.82, 2.24) is 5.32 Å². The molecule has 0 aromatic rings. The van der Waals surface area contributed by atoms with Crippen molar-refractivity contribution >= 4 is 15.1 Å². The fraction of sp³-hybridized carbons (Fsp3) is 0.889. The van der Waals surface area contributed by atoms with E-state index in [9.17, 15) is 4.79 Å². The van der Waals surface area contributed by atoms with Crippen LogP contribution in [0.15, 0.2) is 0 Å². The van der Waals surface area contributed by atoms with Gasteiger partial charge in [0, 0.05) is 13.0 Å². The van der Waals surface area contributed by atoms with Crippen LogP contribution in [0.5, 0.6) is 0 Å². The van der Waals surface area contributed by atoms with Crippen LogP contribution >= 0.6 is 9.24 Å². The molecule has 0 aliphatic carbocycles. The molecule has 1 atom stereocenters. The van der Waals surface area contributed by atoms with E-state index in [1.165, 1.54) is 0 Å². The van der Waals surface area contributed by atoms with Gasteiger partial charge in [-0.1, -0.05) is 20.8 Å². The number of rotatable bonds is 5. The fourth-order valence-corrected chi connectivity index (χ4v) is 0.849. The van der Waals surface area contributed by atoms with Gasteiger partial charge < -0.3 is 5.32 Å². The quantitative estimate of drug-likeness (QED) is 0.524. The van der Waals surface area contributed by atoms with Crippen LogP contribution in [0.3, 0.4) is 0 Å². The molecule has 0 spiro atoms. The van der Waals surface area contributed by atoms with Crippen LogP contribution in [0.4, 0.5) is 0 Å². The Morgan fingerprint density at radius 2 is 2.00 bits per heavy atom. The second-order valence-electron chi connectivity index (χ2n) is 2.24. The van der Waals surface area contributed by atoms with Crippen LogP contribution in [0.1, 0.15) is 40.0 Å². The van der Waals surface area contributed by atoms with E-state index in [4.69, 9.17) is 0 Å². The van der Waals surface area contributed by atoms with Gasteiger partial charge in [-0.15, -0.1) is 9.24 Å². The lowest BCUT2D eigenvalue weighted by Gasteiger charge is -2.00. The predicted octanol–water partition coefficient (Wildman–Crippen LogP) is 2.19. The van der Waals surface area contributed by atoms with E-state index < -0.39 is 0 Å². The minimum atomic E-state index is 0.181. The van der Waals surface area contributed by atoms with Crippen LogP contribution < -0.4 is 5.32 Å². The van der Waals surface area contributed by atoms with E-state index in [2.05, 4.69) is 14.6 Å². The first kappa shape index (κ1) is 14.4. The molecule has 1 amide bonds. The van der Waals surface area contributed by atoms with Gasteiger partial charge in [-0.05, 0) is 19.0 Å². The zero-order valence-electron chi connectivity index (χ0n) is 8.52. The number of amides is 1.